The smallest absolute Gasteiger partial charge is 0.244 e. The highest BCUT2D eigenvalue weighted by Crippen LogP contribution is 2.40. The molecule has 0 saturated heterocycles. The standard InChI is InChI=1S/C23H34INO/c1-18(12-13-21-20(3)11-7-14-23(21,4)5)9-6-10-19(2)17-22(26)25-16-8-15-24/h6,9-10,12-13,17H,7-8,11,14-16H2,1-5H3,(H,25,26)/b10-6+,13-12+,18-9+,19-17+. The van der Waals surface area contributed by atoms with E-state index in [2.05, 4.69) is 73.8 Å². The molecule has 1 N–H and O–H groups in total. The number of rotatable bonds is 8. The first-order chi connectivity index (χ1) is 12.3. The molecule has 0 aromatic rings. The largest absolute Gasteiger partial charge is 0.353 e. The van der Waals surface area contributed by atoms with Crippen LogP contribution in [0.5, 0.6) is 0 Å². The first-order valence-corrected chi connectivity index (χ1v) is 11.0. The van der Waals surface area contributed by atoms with Crippen LogP contribution in [0.2, 0.25) is 0 Å². The third-order valence-electron chi connectivity index (χ3n) is 4.74. The van der Waals surface area contributed by atoms with Gasteiger partial charge in [0.1, 0.15) is 0 Å². The zero-order valence-electron chi connectivity index (χ0n) is 17.0. The van der Waals surface area contributed by atoms with Gasteiger partial charge in [-0.3, -0.25) is 4.79 Å². The summed E-state index contributed by atoms with van der Waals surface area (Å²) < 4.78 is 1.06. The highest BCUT2D eigenvalue weighted by Gasteiger charge is 2.26. The maximum atomic E-state index is 11.7. The minimum Gasteiger partial charge on any atom is -0.353 e. The van der Waals surface area contributed by atoms with Gasteiger partial charge in [-0.25, -0.2) is 0 Å². The second-order valence-corrected chi connectivity index (χ2v) is 8.84. The molecule has 0 aromatic heterocycles. The van der Waals surface area contributed by atoms with Crippen molar-refractivity contribution in [2.24, 2.45) is 5.41 Å². The van der Waals surface area contributed by atoms with Gasteiger partial charge in [0.2, 0.25) is 5.91 Å². The first-order valence-electron chi connectivity index (χ1n) is 9.51. The second-order valence-electron chi connectivity index (χ2n) is 7.76. The van der Waals surface area contributed by atoms with E-state index in [-0.39, 0.29) is 11.3 Å². The van der Waals surface area contributed by atoms with Gasteiger partial charge in [0.15, 0.2) is 0 Å². The van der Waals surface area contributed by atoms with Crippen molar-refractivity contribution in [1.29, 1.82) is 0 Å². The summed E-state index contributed by atoms with van der Waals surface area (Å²) in [6.07, 6.45) is 17.0. The van der Waals surface area contributed by atoms with Crippen molar-refractivity contribution in [2.75, 3.05) is 11.0 Å². The maximum absolute atomic E-state index is 11.7. The summed E-state index contributed by atoms with van der Waals surface area (Å²) in [4.78, 5) is 11.7. The minimum absolute atomic E-state index is 0.0143. The molecule has 0 saturated carbocycles. The Kier molecular flexibility index (Phi) is 10.2. The average Bonchev–Trinajstić information content (AvgIpc) is 2.54. The van der Waals surface area contributed by atoms with Crippen LogP contribution in [-0.2, 0) is 4.79 Å². The number of nitrogens with one attached hydrogen (secondary N) is 1. The lowest BCUT2D eigenvalue weighted by atomic mass is 9.72. The van der Waals surface area contributed by atoms with E-state index in [0.717, 1.165) is 23.0 Å². The molecule has 26 heavy (non-hydrogen) atoms. The Morgan fingerprint density at radius 3 is 2.62 bits per heavy atom. The number of hydrogen-bond acceptors (Lipinski definition) is 1. The Bertz CT molecular complexity index is 633. The number of amides is 1. The Morgan fingerprint density at radius 1 is 1.23 bits per heavy atom. The third kappa shape index (κ3) is 8.52. The first kappa shape index (κ1) is 22.9. The van der Waals surface area contributed by atoms with Crippen LogP contribution in [0.1, 0.15) is 60.3 Å². The molecule has 2 nitrogen and oxygen atoms in total. The van der Waals surface area contributed by atoms with Gasteiger partial charge in [-0.15, -0.1) is 0 Å². The van der Waals surface area contributed by atoms with Gasteiger partial charge in [-0.2, -0.15) is 0 Å². The van der Waals surface area contributed by atoms with Gasteiger partial charge in [-0.05, 0) is 63.0 Å². The Balaban J connectivity index is 2.64. The van der Waals surface area contributed by atoms with Crippen molar-refractivity contribution in [3.8, 4) is 0 Å². The molecule has 1 aliphatic rings. The molecule has 0 bridgehead atoms. The van der Waals surface area contributed by atoms with Crippen molar-refractivity contribution < 1.29 is 4.79 Å². The van der Waals surface area contributed by atoms with Crippen molar-refractivity contribution in [1.82, 2.24) is 5.32 Å². The van der Waals surface area contributed by atoms with E-state index in [1.54, 1.807) is 6.08 Å². The number of carbonyl (C=O) groups excluding carboxylic acids is 1. The molecule has 0 radical (unpaired) electrons. The monoisotopic (exact) mass is 467 g/mol. The lowest BCUT2D eigenvalue weighted by Crippen LogP contribution is -2.22. The normalized spacial score (nSPS) is 18.8. The van der Waals surface area contributed by atoms with E-state index in [1.165, 1.54) is 36.0 Å². The molecule has 0 spiro atoms. The molecule has 0 heterocycles. The van der Waals surface area contributed by atoms with Crippen LogP contribution in [0.25, 0.3) is 0 Å². The molecule has 1 amide bonds. The lowest BCUT2D eigenvalue weighted by Gasteiger charge is -2.32. The molecule has 0 aliphatic heterocycles. The van der Waals surface area contributed by atoms with E-state index in [1.807, 2.05) is 19.1 Å². The summed E-state index contributed by atoms with van der Waals surface area (Å²) in [7, 11) is 0. The number of carbonyl (C=O) groups is 1. The van der Waals surface area contributed by atoms with Crippen LogP contribution >= 0.6 is 22.6 Å². The molecule has 144 valence electrons. The zero-order valence-corrected chi connectivity index (χ0v) is 19.2. The summed E-state index contributed by atoms with van der Waals surface area (Å²) in [5.41, 5.74) is 5.45. The van der Waals surface area contributed by atoms with E-state index in [0.29, 0.717) is 0 Å². The molecule has 1 rings (SSSR count). The maximum Gasteiger partial charge on any atom is 0.244 e. The van der Waals surface area contributed by atoms with Crippen LogP contribution in [0.4, 0.5) is 0 Å². The summed E-state index contributed by atoms with van der Waals surface area (Å²) in [5, 5.41) is 2.90. The van der Waals surface area contributed by atoms with Crippen molar-refractivity contribution in [3.63, 3.8) is 0 Å². The number of hydrogen-bond donors (Lipinski definition) is 1. The predicted molar refractivity (Wildman–Crippen MR) is 123 cm³/mol. The van der Waals surface area contributed by atoms with Crippen LogP contribution in [0.15, 0.2) is 58.7 Å². The number of halogens is 1. The summed E-state index contributed by atoms with van der Waals surface area (Å²) in [5.74, 6) is -0.0143. The third-order valence-corrected chi connectivity index (χ3v) is 5.50. The fourth-order valence-electron chi connectivity index (χ4n) is 3.22. The fourth-order valence-corrected chi connectivity index (χ4v) is 3.60. The quantitative estimate of drug-likeness (QED) is 0.143. The molecule has 0 fully saturated rings. The van der Waals surface area contributed by atoms with E-state index >= 15 is 0 Å². The Labute approximate surface area is 173 Å². The van der Waals surface area contributed by atoms with E-state index in [4.69, 9.17) is 0 Å². The summed E-state index contributed by atoms with van der Waals surface area (Å²) in [6.45, 7) is 11.7. The molecule has 1 aliphatic carbocycles. The molecule has 0 unspecified atom stereocenters. The number of allylic oxidation sites excluding steroid dienone is 9. The Morgan fingerprint density at radius 2 is 1.96 bits per heavy atom. The van der Waals surface area contributed by atoms with Crippen LogP contribution in [0, 0.1) is 5.41 Å². The fraction of sp³-hybridized carbons (Fsp3) is 0.522. The van der Waals surface area contributed by atoms with Crippen LogP contribution in [0.3, 0.4) is 0 Å². The average molecular weight is 467 g/mol. The topological polar surface area (TPSA) is 29.1 Å². The molecular weight excluding hydrogens is 433 g/mol. The van der Waals surface area contributed by atoms with Crippen molar-refractivity contribution in [3.05, 3.63) is 58.7 Å². The summed E-state index contributed by atoms with van der Waals surface area (Å²) >= 11 is 2.31. The lowest BCUT2D eigenvalue weighted by molar-refractivity contribution is -0.116. The van der Waals surface area contributed by atoms with Crippen LogP contribution in [-0.4, -0.2) is 16.9 Å². The molecule has 3 heteroatoms. The van der Waals surface area contributed by atoms with Gasteiger partial charge in [0.25, 0.3) is 0 Å². The molecule has 0 atom stereocenters. The summed E-state index contributed by atoms with van der Waals surface area (Å²) in [6, 6.07) is 0. The van der Waals surface area contributed by atoms with E-state index in [9.17, 15) is 4.79 Å². The van der Waals surface area contributed by atoms with Gasteiger partial charge in [0, 0.05) is 17.0 Å². The predicted octanol–water partition coefficient (Wildman–Crippen LogP) is 6.46. The highest BCUT2D eigenvalue weighted by molar-refractivity contribution is 14.1. The molecule has 0 aromatic carbocycles. The van der Waals surface area contributed by atoms with Gasteiger partial charge < -0.3 is 5.32 Å². The van der Waals surface area contributed by atoms with Crippen molar-refractivity contribution >= 4 is 28.5 Å². The highest BCUT2D eigenvalue weighted by atomic mass is 127. The SMILES string of the molecule is CC1=C(/C=C/C(C)=C/C=C/C(C)=C/C(=O)NCCCI)C(C)(C)CCC1. The van der Waals surface area contributed by atoms with Crippen molar-refractivity contribution in [2.45, 2.75) is 60.3 Å². The van der Waals surface area contributed by atoms with Gasteiger partial charge in [-0.1, -0.05) is 78.0 Å². The number of alkyl halides is 1. The van der Waals surface area contributed by atoms with E-state index < -0.39 is 0 Å². The second kappa shape index (κ2) is 11.6. The van der Waals surface area contributed by atoms with Gasteiger partial charge in [0.05, 0.1) is 0 Å². The Hall–Kier alpha value is -1.10. The zero-order chi connectivity index (χ0) is 19.6. The van der Waals surface area contributed by atoms with Gasteiger partial charge >= 0.3 is 0 Å². The molecular formula is C23H34INO. The minimum atomic E-state index is -0.0143. The van der Waals surface area contributed by atoms with Crippen LogP contribution < -0.4 is 5.32 Å².